The number of nitrogens with one attached hydrogen (secondary N) is 1. The number of ether oxygens (including phenoxy) is 1. The summed E-state index contributed by atoms with van der Waals surface area (Å²) in [6.45, 7) is 1.05. The van der Waals surface area contributed by atoms with Gasteiger partial charge >= 0.3 is 5.97 Å². The van der Waals surface area contributed by atoms with Crippen LogP contribution in [0.2, 0.25) is 0 Å². The highest BCUT2D eigenvalue weighted by Crippen LogP contribution is 2.22. The molecule has 0 saturated heterocycles. The van der Waals surface area contributed by atoms with Crippen molar-refractivity contribution in [3.63, 3.8) is 0 Å². The molecule has 24 heavy (non-hydrogen) atoms. The maximum atomic E-state index is 11.8. The zero-order valence-corrected chi connectivity index (χ0v) is 12.7. The van der Waals surface area contributed by atoms with E-state index in [1.165, 1.54) is 42.5 Å². The summed E-state index contributed by atoms with van der Waals surface area (Å²) in [5.41, 5.74) is 0.773. The average molecular weight is 330 g/mol. The van der Waals surface area contributed by atoms with Crippen molar-refractivity contribution in [2.24, 2.45) is 0 Å². The molecule has 2 aromatic carbocycles. The van der Waals surface area contributed by atoms with Crippen molar-refractivity contribution in [1.29, 1.82) is 0 Å². The molecule has 0 aromatic heterocycles. The molecule has 0 spiro atoms. The van der Waals surface area contributed by atoms with Gasteiger partial charge < -0.3 is 15.2 Å². The standard InChI is InChI=1S/C16H14N2O6/c1-10-2-5-12(8-14(10)18(22)23)17-15(20)9-24-16(21)11-3-6-13(19)7-4-11/h2-8,19H,9H2,1H3,(H,17,20). The molecule has 1 amide bonds. The van der Waals surface area contributed by atoms with Crippen molar-refractivity contribution in [3.05, 3.63) is 63.7 Å². The van der Waals surface area contributed by atoms with Gasteiger partial charge in [-0.1, -0.05) is 6.07 Å². The number of hydrogen-bond acceptors (Lipinski definition) is 6. The van der Waals surface area contributed by atoms with Crippen molar-refractivity contribution in [2.75, 3.05) is 11.9 Å². The molecular weight excluding hydrogens is 316 g/mol. The number of esters is 1. The molecule has 2 N–H and O–H groups in total. The van der Waals surface area contributed by atoms with Gasteiger partial charge in [-0.15, -0.1) is 0 Å². The fourth-order valence-corrected chi connectivity index (χ4v) is 1.89. The Morgan fingerprint density at radius 2 is 1.88 bits per heavy atom. The third-order valence-corrected chi connectivity index (χ3v) is 3.13. The topological polar surface area (TPSA) is 119 Å². The molecule has 0 aliphatic carbocycles. The van der Waals surface area contributed by atoms with Crippen molar-refractivity contribution < 1.29 is 24.4 Å². The summed E-state index contributed by atoms with van der Waals surface area (Å²) in [4.78, 5) is 33.8. The molecule has 2 rings (SSSR count). The van der Waals surface area contributed by atoms with Crippen LogP contribution in [0.3, 0.4) is 0 Å². The summed E-state index contributed by atoms with van der Waals surface area (Å²) in [6.07, 6.45) is 0. The Balaban J connectivity index is 1.94. The highest BCUT2D eigenvalue weighted by Gasteiger charge is 2.14. The second-order valence-electron chi connectivity index (χ2n) is 4.93. The minimum atomic E-state index is -0.722. The first-order chi connectivity index (χ1) is 11.4. The van der Waals surface area contributed by atoms with Crippen LogP contribution in [0.4, 0.5) is 11.4 Å². The molecule has 0 aliphatic rings. The molecule has 2 aromatic rings. The number of aromatic hydroxyl groups is 1. The highest BCUT2D eigenvalue weighted by molar-refractivity contribution is 5.95. The fourth-order valence-electron chi connectivity index (χ4n) is 1.89. The van der Waals surface area contributed by atoms with E-state index >= 15 is 0 Å². The van der Waals surface area contributed by atoms with Crippen LogP contribution < -0.4 is 5.32 Å². The first-order valence-electron chi connectivity index (χ1n) is 6.88. The number of aryl methyl sites for hydroxylation is 1. The van der Waals surface area contributed by atoms with Crippen LogP contribution in [0, 0.1) is 17.0 Å². The normalized spacial score (nSPS) is 10.0. The Morgan fingerprint density at radius 1 is 1.21 bits per heavy atom. The molecule has 0 heterocycles. The number of rotatable bonds is 5. The smallest absolute Gasteiger partial charge is 0.338 e. The van der Waals surface area contributed by atoms with Gasteiger partial charge in [-0.05, 0) is 37.3 Å². The van der Waals surface area contributed by atoms with Gasteiger partial charge in [-0.3, -0.25) is 14.9 Å². The number of nitrogens with zero attached hydrogens (tertiary/aromatic N) is 1. The number of hydrogen-bond donors (Lipinski definition) is 2. The van der Waals surface area contributed by atoms with Gasteiger partial charge in [-0.25, -0.2) is 4.79 Å². The third-order valence-electron chi connectivity index (χ3n) is 3.13. The van der Waals surface area contributed by atoms with Gasteiger partial charge in [0.2, 0.25) is 0 Å². The second-order valence-corrected chi connectivity index (χ2v) is 4.93. The minimum absolute atomic E-state index is 0.00487. The van der Waals surface area contributed by atoms with Crippen LogP contribution in [0.5, 0.6) is 5.75 Å². The predicted molar refractivity (Wildman–Crippen MR) is 84.9 cm³/mol. The third kappa shape index (κ3) is 4.29. The quantitative estimate of drug-likeness (QED) is 0.493. The molecule has 8 heteroatoms. The molecule has 0 fully saturated rings. The first-order valence-corrected chi connectivity index (χ1v) is 6.88. The molecule has 0 aliphatic heterocycles. The van der Waals surface area contributed by atoms with E-state index in [1.807, 2.05) is 0 Å². The second kappa shape index (κ2) is 7.23. The first kappa shape index (κ1) is 16.9. The zero-order valence-electron chi connectivity index (χ0n) is 12.7. The van der Waals surface area contributed by atoms with Crippen LogP contribution in [0.15, 0.2) is 42.5 Å². The molecule has 0 radical (unpaired) electrons. The van der Waals surface area contributed by atoms with Crippen molar-refractivity contribution in [1.82, 2.24) is 0 Å². The summed E-state index contributed by atoms with van der Waals surface area (Å²) in [7, 11) is 0. The molecule has 0 unspecified atom stereocenters. The highest BCUT2D eigenvalue weighted by atomic mass is 16.6. The molecular formula is C16H14N2O6. The van der Waals surface area contributed by atoms with Gasteiger partial charge in [0.25, 0.3) is 11.6 Å². The lowest BCUT2D eigenvalue weighted by Crippen LogP contribution is -2.21. The SMILES string of the molecule is Cc1ccc(NC(=O)COC(=O)c2ccc(O)cc2)cc1[N+](=O)[O-]. The number of anilines is 1. The van der Waals surface area contributed by atoms with E-state index in [0.717, 1.165) is 0 Å². The van der Waals surface area contributed by atoms with Crippen LogP contribution >= 0.6 is 0 Å². The van der Waals surface area contributed by atoms with E-state index in [1.54, 1.807) is 6.92 Å². The molecule has 0 atom stereocenters. The van der Waals surface area contributed by atoms with E-state index in [2.05, 4.69) is 5.32 Å². The Kier molecular flexibility index (Phi) is 5.10. The maximum absolute atomic E-state index is 11.8. The number of benzene rings is 2. The summed E-state index contributed by atoms with van der Waals surface area (Å²) in [5.74, 6) is -1.34. The predicted octanol–water partition coefficient (Wildman–Crippen LogP) is 2.40. The summed E-state index contributed by atoms with van der Waals surface area (Å²) in [6, 6.07) is 9.62. The van der Waals surface area contributed by atoms with E-state index < -0.39 is 23.4 Å². The van der Waals surface area contributed by atoms with Crippen molar-refractivity contribution in [3.8, 4) is 5.75 Å². The molecule has 8 nitrogen and oxygen atoms in total. The van der Waals surface area contributed by atoms with E-state index in [0.29, 0.717) is 5.56 Å². The van der Waals surface area contributed by atoms with E-state index in [-0.39, 0.29) is 22.7 Å². The van der Waals surface area contributed by atoms with Crippen LogP contribution in [0.25, 0.3) is 0 Å². The largest absolute Gasteiger partial charge is 0.508 e. The zero-order chi connectivity index (χ0) is 17.7. The number of phenolic OH excluding ortho intramolecular Hbond substituents is 1. The monoisotopic (exact) mass is 330 g/mol. The fraction of sp³-hybridized carbons (Fsp3) is 0.125. The lowest BCUT2D eigenvalue weighted by Gasteiger charge is -2.07. The number of amides is 1. The summed E-state index contributed by atoms with van der Waals surface area (Å²) < 4.78 is 4.84. The Hall–Kier alpha value is -3.42. The molecule has 0 bridgehead atoms. The van der Waals surface area contributed by atoms with Gasteiger partial charge in [0.05, 0.1) is 10.5 Å². The summed E-state index contributed by atoms with van der Waals surface area (Å²) in [5, 5.41) is 22.4. The van der Waals surface area contributed by atoms with Gasteiger partial charge in [0.15, 0.2) is 6.61 Å². The van der Waals surface area contributed by atoms with Crippen molar-refractivity contribution in [2.45, 2.75) is 6.92 Å². The molecule has 124 valence electrons. The van der Waals surface area contributed by atoms with Crippen LogP contribution in [0.1, 0.15) is 15.9 Å². The van der Waals surface area contributed by atoms with Crippen LogP contribution in [-0.4, -0.2) is 28.5 Å². The number of nitro benzene ring substituents is 1. The number of carbonyl (C=O) groups is 2. The van der Waals surface area contributed by atoms with E-state index in [4.69, 9.17) is 9.84 Å². The molecule has 0 saturated carbocycles. The van der Waals surface area contributed by atoms with Gasteiger partial charge in [-0.2, -0.15) is 0 Å². The Labute approximate surface area is 136 Å². The Bertz CT molecular complexity index is 786. The summed E-state index contributed by atoms with van der Waals surface area (Å²) >= 11 is 0. The number of nitro groups is 1. The lowest BCUT2D eigenvalue weighted by atomic mass is 10.2. The van der Waals surface area contributed by atoms with Crippen molar-refractivity contribution >= 4 is 23.3 Å². The maximum Gasteiger partial charge on any atom is 0.338 e. The number of carbonyl (C=O) groups excluding carboxylic acids is 2. The average Bonchev–Trinajstić information content (AvgIpc) is 2.55. The van der Waals surface area contributed by atoms with Gasteiger partial charge in [0.1, 0.15) is 5.75 Å². The Morgan fingerprint density at radius 3 is 2.50 bits per heavy atom. The lowest BCUT2D eigenvalue weighted by molar-refractivity contribution is -0.385. The van der Waals surface area contributed by atoms with Crippen LogP contribution in [-0.2, 0) is 9.53 Å². The van der Waals surface area contributed by atoms with Gasteiger partial charge in [0, 0.05) is 17.3 Å². The van der Waals surface area contributed by atoms with E-state index in [9.17, 15) is 19.7 Å². The number of phenols is 1. The minimum Gasteiger partial charge on any atom is -0.508 e.